The minimum absolute atomic E-state index is 0. The Labute approximate surface area is 224 Å². The summed E-state index contributed by atoms with van der Waals surface area (Å²) >= 11 is 0. The molecule has 4 nitrogen and oxygen atoms in total. The third-order valence-electron chi connectivity index (χ3n) is 5.74. The van der Waals surface area contributed by atoms with Crippen molar-refractivity contribution >= 4 is 10.1 Å². The van der Waals surface area contributed by atoms with Crippen molar-refractivity contribution in [3.05, 3.63) is 0 Å². The molecule has 1 N–H and O–H groups in total. The van der Waals surface area contributed by atoms with E-state index in [0.29, 0.717) is 12.8 Å². The van der Waals surface area contributed by atoms with Crippen molar-refractivity contribution in [2.45, 2.75) is 147 Å². The zero-order chi connectivity index (χ0) is 21.1. The van der Waals surface area contributed by atoms with Crippen LogP contribution in [-0.2, 0) is 10.1 Å². The number of aliphatic hydroxyl groups is 1. The van der Waals surface area contributed by atoms with Crippen LogP contribution < -0.4 is 51.4 Å². The minimum Gasteiger partial charge on any atom is -0.748 e. The first-order valence-electron chi connectivity index (χ1n) is 12.0. The number of unbranched alkanes of at least 4 members (excludes halogenated alkanes) is 12. The van der Waals surface area contributed by atoms with Crippen molar-refractivity contribution in [1.82, 2.24) is 0 Å². The van der Waals surface area contributed by atoms with Crippen LogP contribution in [0.4, 0.5) is 0 Å². The van der Waals surface area contributed by atoms with Gasteiger partial charge in [0, 0.05) is 5.25 Å². The number of aliphatic hydroxyl groups excluding tert-OH is 1. The first kappa shape index (κ1) is 32.7. The third kappa shape index (κ3) is 22.5. The molecule has 0 rings (SSSR count). The van der Waals surface area contributed by atoms with Crippen LogP contribution in [0.1, 0.15) is 136 Å². The largest absolute Gasteiger partial charge is 1.00 e. The van der Waals surface area contributed by atoms with E-state index in [4.69, 9.17) is 0 Å². The van der Waals surface area contributed by atoms with E-state index >= 15 is 0 Å². The molecule has 0 aromatic carbocycles. The number of hydrogen-bond donors (Lipinski definition) is 1. The molecule has 0 radical (unpaired) electrons. The van der Waals surface area contributed by atoms with Crippen LogP contribution in [0, 0.1) is 0 Å². The van der Waals surface area contributed by atoms with Crippen LogP contribution in [0.15, 0.2) is 0 Å². The molecule has 0 spiro atoms. The molecule has 2 unspecified atom stereocenters. The summed E-state index contributed by atoms with van der Waals surface area (Å²) in [5.41, 5.74) is 0. The van der Waals surface area contributed by atoms with Crippen molar-refractivity contribution < 1.29 is 69.5 Å². The molecule has 0 fully saturated rings. The van der Waals surface area contributed by atoms with E-state index in [2.05, 4.69) is 13.8 Å². The monoisotopic (exact) mass is 458 g/mol. The van der Waals surface area contributed by atoms with Crippen LogP contribution in [-0.4, -0.2) is 29.4 Å². The average molecular weight is 459 g/mol. The summed E-state index contributed by atoms with van der Waals surface area (Å²) < 4.78 is 34.1. The average Bonchev–Trinajstić information content (AvgIpc) is 2.64. The summed E-state index contributed by atoms with van der Waals surface area (Å²) in [6.45, 7) is 4.29. The van der Waals surface area contributed by atoms with Gasteiger partial charge in [0.15, 0.2) is 0 Å². The second-order valence-corrected chi connectivity index (χ2v) is 10.2. The quantitative estimate of drug-likeness (QED) is 0.162. The smallest absolute Gasteiger partial charge is 0.748 e. The normalized spacial score (nSPS) is 13.8. The first-order valence-corrected chi connectivity index (χ1v) is 13.5. The molecule has 0 aliphatic rings. The van der Waals surface area contributed by atoms with Crippen LogP contribution in [0.25, 0.3) is 0 Å². The molecule has 2 atom stereocenters. The SMILES string of the molecule is CCCCCCC(O)CCCCCCCCCCC(CCCCC)S(=O)(=O)[O-].[K+]. The van der Waals surface area contributed by atoms with E-state index in [1.54, 1.807) is 0 Å². The van der Waals surface area contributed by atoms with Gasteiger partial charge in [-0.1, -0.05) is 110 Å². The maximum absolute atomic E-state index is 11.4. The van der Waals surface area contributed by atoms with E-state index in [1.165, 1.54) is 44.9 Å². The molecular formula is C23H47KO4S. The molecule has 29 heavy (non-hydrogen) atoms. The summed E-state index contributed by atoms with van der Waals surface area (Å²) in [6.07, 6.45) is 19.6. The fraction of sp³-hybridized carbons (Fsp3) is 1.00. The van der Waals surface area contributed by atoms with Gasteiger partial charge in [0.1, 0.15) is 0 Å². The summed E-state index contributed by atoms with van der Waals surface area (Å²) in [5.74, 6) is 0. The topological polar surface area (TPSA) is 77.4 Å². The fourth-order valence-corrected chi connectivity index (χ4v) is 4.73. The van der Waals surface area contributed by atoms with Gasteiger partial charge in [0.25, 0.3) is 0 Å². The Hall–Kier alpha value is 1.51. The molecule has 0 saturated heterocycles. The predicted octanol–water partition coefficient (Wildman–Crippen LogP) is 3.72. The number of rotatable bonds is 21. The Kier molecular flexibility index (Phi) is 25.6. The van der Waals surface area contributed by atoms with Crippen LogP contribution in [0.5, 0.6) is 0 Å². The molecule has 0 aromatic heterocycles. The molecule has 0 aliphatic heterocycles. The van der Waals surface area contributed by atoms with Gasteiger partial charge in [-0.05, 0) is 25.7 Å². The van der Waals surface area contributed by atoms with Gasteiger partial charge < -0.3 is 9.66 Å². The zero-order valence-corrected chi connectivity index (χ0v) is 23.6. The minimum atomic E-state index is -4.14. The molecule has 0 aromatic rings. The Morgan fingerprint density at radius 1 is 0.621 bits per heavy atom. The van der Waals surface area contributed by atoms with Crippen molar-refractivity contribution in [1.29, 1.82) is 0 Å². The van der Waals surface area contributed by atoms with Gasteiger partial charge in [0.05, 0.1) is 16.2 Å². The zero-order valence-electron chi connectivity index (χ0n) is 19.7. The predicted molar refractivity (Wildman–Crippen MR) is 119 cm³/mol. The fourth-order valence-electron chi connectivity index (χ4n) is 3.82. The van der Waals surface area contributed by atoms with Crippen LogP contribution in [0.2, 0.25) is 0 Å². The van der Waals surface area contributed by atoms with E-state index < -0.39 is 15.4 Å². The van der Waals surface area contributed by atoms with Gasteiger partial charge in [-0.2, -0.15) is 0 Å². The molecular weight excluding hydrogens is 411 g/mol. The van der Waals surface area contributed by atoms with Gasteiger partial charge in [0.2, 0.25) is 0 Å². The van der Waals surface area contributed by atoms with Crippen LogP contribution in [0.3, 0.4) is 0 Å². The maximum atomic E-state index is 11.4. The van der Waals surface area contributed by atoms with E-state index in [9.17, 15) is 18.1 Å². The van der Waals surface area contributed by atoms with Gasteiger partial charge in [-0.3, -0.25) is 0 Å². The molecule has 0 amide bonds. The molecule has 170 valence electrons. The molecule has 0 aliphatic carbocycles. The van der Waals surface area contributed by atoms with Crippen molar-refractivity contribution in [3.8, 4) is 0 Å². The molecule has 6 heteroatoms. The van der Waals surface area contributed by atoms with E-state index in [-0.39, 0.29) is 57.5 Å². The van der Waals surface area contributed by atoms with Gasteiger partial charge in [-0.25, -0.2) is 8.42 Å². The Balaban J connectivity index is 0. The molecule has 0 heterocycles. The van der Waals surface area contributed by atoms with Gasteiger partial charge >= 0.3 is 51.4 Å². The summed E-state index contributed by atoms with van der Waals surface area (Å²) in [5, 5.41) is 9.28. The second-order valence-electron chi connectivity index (χ2n) is 8.52. The van der Waals surface area contributed by atoms with Crippen molar-refractivity contribution in [2.24, 2.45) is 0 Å². The first-order chi connectivity index (χ1) is 13.4. The van der Waals surface area contributed by atoms with Crippen molar-refractivity contribution in [2.75, 3.05) is 0 Å². The van der Waals surface area contributed by atoms with Crippen LogP contribution >= 0.6 is 0 Å². The maximum Gasteiger partial charge on any atom is 1.00 e. The standard InChI is InChI=1S/C23H48O4S.K/c1-3-5-7-15-18-22(24)19-16-12-10-8-9-11-13-17-21-23(28(25,26)27)20-14-6-4-2;/h22-24H,3-21H2,1-2H3,(H,25,26,27);/q;+1/p-1. The van der Waals surface area contributed by atoms with Crippen molar-refractivity contribution in [3.63, 3.8) is 0 Å². The second kappa shape index (κ2) is 22.7. The van der Waals surface area contributed by atoms with Gasteiger partial charge in [-0.15, -0.1) is 0 Å². The Morgan fingerprint density at radius 3 is 1.34 bits per heavy atom. The summed E-state index contributed by atoms with van der Waals surface area (Å²) in [6, 6.07) is 0. The summed E-state index contributed by atoms with van der Waals surface area (Å²) in [4.78, 5) is 0. The molecule has 0 bridgehead atoms. The summed E-state index contributed by atoms with van der Waals surface area (Å²) in [7, 11) is -4.14. The number of hydrogen-bond acceptors (Lipinski definition) is 4. The molecule has 0 saturated carbocycles. The third-order valence-corrected chi connectivity index (χ3v) is 7.03. The van der Waals surface area contributed by atoms with E-state index in [0.717, 1.165) is 64.2 Å². The van der Waals surface area contributed by atoms with E-state index in [1.807, 2.05) is 0 Å². The Morgan fingerprint density at radius 2 is 0.931 bits per heavy atom. The Bertz CT molecular complexity index is 429.